The van der Waals surface area contributed by atoms with Gasteiger partial charge in [0.25, 0.3) is 5.91 Å². The summed E-state index contributed by atoms with van der Waals surface area (Å²) in [6.07, 6.45) is 2.62. The summed E-state index contributed by atoms with van der Waals surface area (Å²) in [5.74, 6) is -2.11. The van der Waals surface area contributed by atoms with Crippen LogP contribution in [0.4, 0.5) is 20.2 Å². The zero-order valence-corrected chi connectivity index (χ0v) is 25.1. The van der Waals surface area contributed by atoms with Crippen LogP contribution in [0.5, 0.6) is 0 Å². The summed E-state index contributed by atoms with van der Waals surface area (Å²) < 4.78 is 61.0. The van der Waals surface area contributed by atoms with Crippen molar-refractivity contribution in [3.8, 4) is 22.6 Å². The van der Waals surface area contributed by atoms with Gasteiger partial charge in [-0.05, 0) is 42.7 Å². The van der Waals surface area contributed by atoms with Gasteiger partial charge in [0.15, 0.2) is 5.76 Å². The first-order valence-electron chi connectivity index (χ1n) is 13.2. The van der Waals surface area contributed by atoms with Gasteiger partial charge in [0.05, 0.1) is 40.2 Å². The van der Waals surface area contributed by atoms with Crippen molar-refractivity contribution in [2.45, 2.75) is 26.7 Å². The number of benzene rings is 2. The average molecular weight is 598 g/mol. The number of hydrogen-bond donors (Lipinski definition) is 2. The average Bonchev–Trinajstić information content (AvgIpc) is 3.32. The smallest absolute Gasteiger partial charge is 0.255 e. The number of nitrogens with two attached hydrogens (primary N) is 1. The second kappa shape index (κ2) is 11.9. The molecule has 2 aromatic heterocycles. The van der Waals surface area contributed by atoms with Gasteiger partial charge in [0.2, 0.25) is 10.0 Å². The van der Waals surface area contributed by atoms with E-state index < -0.39 is 27.6 Å². The summed E-state index contributed by atoms with van der Waals surface area (Å²) in [5.41, 5.74) is 8.80. The third kappa shape index (κ3) is 5.85. The summed E-state index contributed by atoms with van der Waals surface area (Å²) in [5, 5.41) is 2.81. The molecule has 12 heteroatoms. The first-order valence-corrected chi connectivity index (χ1v) is 15.1. The number of amides is 1. The number of carbonyl (C=O) groups is 1. The van der Waals surface area contributed by atoms with E-state index in [0.29, 0.717) is 46.8 Å². The van der Waals surface area contributed by atoms with E-state index >= 15 is 0 Å². The van der Waals surface area contributed by atoms with Crippen LogP contribution in [0, 0.1) is 17.6 Å². The van der Waals surface area contributed by atoms with E-state index in [1.807, 2.05) is 0 Å². The Balaban J connectivity index is 2.07. The van der Waals surface area contributed by atoms with Gasteiger partial charge in [-0.3, -0.25) is 14.1 Å². The van der Waals surface area contributed by atoms with Crippen molar-refractivity contribution >= 4 is 44.0 Å². The molecule has 3 N–H and O–H groups in total. The van der Waals surface area contributed by atoms with Crippen molar-refractivity contribution in [3.05, 3.63) is 65.4 Å². The van der Waals surface area contributed by atoms with Crippen LogP contribution >= 0.6 is 0 Å². The number of halogens is 2. The molecule has 0 saturated heterocycles. The van der Waals surface area contributed by atoms with Gasteiger partial charge < -0.3 is 15.5 Å². The fraction of sp³-hybridized carbons (Fsp3) is 0.300. The molecule has 9 nitrogen and oxygen atoms in total. The number of furan rings is 1. The van der Waals surface area contributed by atoms with Gasteiger partial charge in [-0.2, -0.15) is 0 Å². The molecule has 1 unspecified atom stereocenters. The number of sulfonamides is 1. The van der Waals surface area contributed by atoms with Crippen molar-refractivity contribution in [2.24, 2.45) is 10.9 Å². The van der Waals surface area contributed by atoms with Crippen LogP contribution in [-0.2, 0) is 10.0 Å². The fourth-order valence-corrected chi connectivity index (χ4v) is 5.12. The molecule has 1 atom stereocenters. The third-order valence-corrected chi connectivity index (χ3v) is 8.45. The van der Waals surface area contributed by atoms with Crippen molar-refractivity contribution in [1.82, 2.24) is 10.3 Å². The second-order valence-electron chi connectivity index (χ2n) is 10.1. The quantitative estimate of drug-likeness (QED) is 0.240. The van der Waals surface area contributed by atoms with E-state index in [0.717, 1.165) is 23.0 Å². The Bertz CT molecular complexity index is 1820. The van der Waals surface area contributed by atoms with Gasteiger partial charge in [-0.1, -0.05) is 20.3 Å². The van der Waals surface area contributed by atoms with E-state index in [9.17, 15) is 22.0 Å². The highest BCUT2D eigenvalue weighted by atomic mass is 32.2. The molecule has 2 heterocycles. The van der Waals surface area contributed by atoms with Crippen molar-refractivity contribution < 1.29 is 26.4 Å². The molecule has 0 radical (unpaired) electrons. The number of aromatic nitrogens is 1. The SMILES string of the molecule is CCC(C)CC(=NC)c1nc(-c2cc3c(C(=O)NC)c(-c4ccc(F)cc4F)oc3cc2N(C)S(C)(=O)=O)ccc1N. The lowest BCUT2D eigenvalue weighted by Gasteiger charge is -2.21. The Morgan fingerprint density at radius 1 is 1.17 bits per heavy atom. The Hall–Kier alpha value is -4.32. The Kier molecular flexibility index (Phi) is 8.67. The first kappa shape index (κ1) is 30.6. The van der Waals surface area contributed by atoms with Crippen molar-refractivity contribution in [1.29, 1.82) is 0 Å². The number of nitrogen functional groups attached to an aromatic ring is 1. The molecule has 222 valence electrons. The van der Waals surface area contributed by atoms with E-state index in [-0.39, 0.29) is 33.5 Å². The van der Waals surface area contributed by atoms with Crippen LogP contribution in [0.15, 0.2) is 51.9 Å². The molecule has 0 spiro atoms. The highest BCUT2D eigenvalue weighted by Crippen LogP contribution is 2.41. The summed E-state index contributed by atoms with van der Waals surface area (Å²) >= 11 is 0. The first-order chi connectivity index (χ1) is 19.8. The highest BCUT2D eigenvalue weighted by Gasteiger charge is 2.28. The number of fused-ring (bicyclic) bond motifs is 1. The predicted molar refractivity (Wildman–Crippen MR) is 162 cm³/mol. The Labute approximate surface area is 243 Å². The molecule has 2 aromatic carbocycles. The standard InChI is InChI=1S/C30H33F2N5O4S/c1-7-16(2)12-24(34-3)28-22(33)10-11-23(36-28)19-14-20-26(15-25(19)37(5)42(6,39)40)41-29(27(20)30(38)35-4)18-9-8-17(31)13-21(18)32/h8-11,13-16H,7,12,33H2,1-6H3,(H,35,38). The topological polar surface area (TPSA) is 131 Å². The number of pyridine rings is 1. The summed E-state index contributed by atoms with van der Waals surface area (Å²) in [6.45, 7) is 4.17. The van der Waals surface area contributed by atoms with Crippen LogP contribution in [0.3, 0.4) is 0 Å². The molecule has 4 aromatic rings. The Morgan fingerprint density at radius 3 is 2.48 bits per heavy atom. The van der Waals surface area contributed by atoms with Crippen LogP contribution in [0.2, 0.25) is 0 Å². The third-order valence-electron chi connectivity index (χ3n) is 7.26. The van der Waals surface area contributed by atoms with Crippen molar-refractivity contribution in [2.75, 3.05) is 37.4 Å². The monoisotopic (exact) mass is 597 g/mol. The van der Waals surface area contributed by atoms with Gasteiger partial charge >= 0.3 is 0 Å². The number of carbonyl (C=O) groups excluding carboxylic acids is 1. The van der Waals surface area contributed by atoms with Crippen LogP contribution < -0.4 is 15.4 Å². The van der Waals surface area contributed by atoms with Crippen LogP contribution in [0.1, 0.15) is 42.7 Å². The number of rotatable bonds is 9. The van der Waals surface area contributed by atoms with E-state index in [4.69, 9.17) is 15.1 Å². The van der Waals surface area contributed by atoms with Crippen LogP contribution in [0.25, 0.3) is 33.6 Å². The largest absolute Gasteiger partial charge is 0.455 e. The van der Waals surface area contributed by atoms with E-state index in [2.05, 4.69) is 24.2 Å². The molecule has 42 heavy (non-hydrogen) atoms. The molecule has 0 aliphatic carbocycles. The van der Waals surface area contributed by atoms with Gasteiger partial charge in [0, 0.05) is 44.2 Å². The van der Waals surface area contributed by atoms with Gasteiger partial charge in [-0.25, -0.2) is 22.2 Å². The molecule has 0 aliphatic rings. The molecule has 0 bridgehead atoms. The summed E-state index contributed by atoms with van der Waals surface area (Å²) in [7, 11) is 0.688. The number of anilines is 2. The lowest BCUT2D eigenvalue weighted by atomic mass is 9.97. The molecule has 0 aliphatic heterocycles. The lowest BCUT2D eigenvalue weighted by Crippen LogP contribution is -2.25. The molecular formula is C30H33F2N5O4S. The Morgan fingerprint density at radius 2 is 1.88 bits per heavy atom. The zero-order valence-electron chi connectivity index (χ0n) is 24.2. The fourth-order valence-electron chi connectivity index (χ4n) is 4.61. The maximum absolute atomic E-state index is 14.9. The normalized spacial score (nSPS) is 12.9. The minimum atomic E-state index is -3.77. The molecule has 0 saturated carbocycles. The predicted octanol–water partition coefficient (Wildman–Crippen LogP) is 5.63. The molecule has 4 rings (SSSR count). The molecule has 1 amide bonds. The second-order valence-corrected chi connectivity index (χ2v) is 12.1. The molecular weight excluding hydrogens is 564 g/mol. The number of aliphatic imine (C=N–C) groups is 1. The maximum Gasteiger partial charge on any atom is 0.255 e. The van der Waals surface area contributed by atoms with Crippen LogP contribution in [-0.4, -0.2) is 52.4 Å². The number of hydrogen-bond acceptors (Lipinski definition) is 7. The number of nitrogens with one attached hydrogen (secondary N) is 1. The van der Waals surface area contributed by atoms with Crippen molar-refractivity contribution in [3.63, 3.8) is 0 Å². The highest BCUT2D eigenvalue weighted by molar-refractivity contribution is 7.92. The zero-order chi connectivity index (χ0) is 30.9. The van der Waals surface area contributed by atoms with E-state index in [1.54, 1.807) is 25.2 Å². The molecule has 0 fully saturated rings. The summed E-state index contributed by atoms with van der Waals surface area (Å²) in [6, 6.07) is 9.27. The summed E-state index contributed by atoms with van der Waals surface area (Å²) in [4.78, 5) is 22.4. The van der Waals surface area contributed by atoms with Gasteiger partial charge in [-0.15, -0.1) is 0 Å². The van der Waals surface area contributed by atoms with Gasteiger partial charge in [0.1, 0.15) is 22.9 Å². The maximum atomic E-state index is 14.9. The minimum absolute atomic E-state index is 0.00364. The van der Waals surface area contributed by atoms with E-state index in [1.165, 1.54) is 26.2 Å². The lowest BCUT2D eigenvalue weighted by molar-refractivity contribution is 0.0964. The minimum Gasteiger partial charge on any atom is -0.455 e. The number of nitrogens with zero attached hydrogens (tertiary/aromatic N) is 3.